The molecular formula is C19H14Cl3NO2. The number of fused-ring (bicyclic) bond motifs is 1. The van der Waals surface area contributed by atoms with E-state index in [0.717, 1.165) is 5.56 Å². The first kappa shape index (κ1) is 18.0. The minimum atomic E-state index is -0.405. The molecule has 0 spiro atoms. The summed E-state index contributed by atoms with van der Waals surface area (Å²) >= 11 is 17.9. The number of carbonyl (C=O) groups excluding carboxylic acids is 1. The van der Waals surface area contributed by atoms with E-state index in [1.54, 1.807) is 18.2 Å². The van der Waals surface area contributed by atoms with Crippen LogP contribution in [0.15, 0.2) is 48.5 Å². The van der Waals surface area contributed by atoms with Crippen LogP contribution >= 0.6 is 34.8 Å². The Kier molecular flexibility index (Phi) is 5.79. The van der Waals surface area contributed by atoms with Gasteiger partial charge in [-0.3, -0.25) is 9.78 Å². The van der Waals surface area contributed by atoms with Gasteiger partial charge in [0.1, 0.15) is 12.4 Å². The first-order valence-electron chi connectivity index (χ1n) is 7.66. The van der Waals surface area contributed by atoms with Gasteiger partial charge in [0, 0.05) is 23.2 Å². The minimum Gasteiger partial charge on any atom is -0.488 e. The molecule has 0 saturated heterocycles. The van der Waals surface area contributed by atoms with Crippen LogP contribution in [0.1, 0.15) is 17.7 Å². The molecule has 0 atom stereocenters. The van der Waals surface area contributed by atoms with E-state index in [9.17, 15) is 4.79 Å². The maximum atomic E-state index is 11.0. The van der Waals surface area contributed by atoms with Crippen molar-refractivity contribution in [3.05, 3.63) is 69.8 Å². The zero-order valence-corrected chi connectivity index (χ0v) is 15.4. The maximum absolute atomic E-state index is 11.0. The molecule has 0 saturated carbocycles. The van der Waals surface area contributed by atoms with Gasteiger partial charge in [0.15, 0.2) is 0 Å². The summed E-state index contributed by atoms with van der Waals surface area (Å²) in [7, 11) is 0. The van der Waals surface area contributed by atoms with Gasteiger partial charge in [-0.2, -0.15) is 0 Å². The Bertz CT molecular complexity index is 913. The smallest absolute Gasteiger partial charge is 0.222 e. The van der Waals surface area contributed by atoms with Crippen molar-refractivity contribution < 1.29 is 9.53 Å². The van der Waals surface area contributed by atoms with Crippen molar-refractivity contribution >= 4 is 50.9 Å². The summed E-state index contributed by atoms with van der Waals surface area (Å²) in [5.74, 6) is 0.604. The number of hydrogen-bond donors (Lipinski definition) is 0. The maximum Gasteiger partial charge on any atom is 0.222 e. The molecule has 3 nitrogen and oxygen atoms in total. The Labute approximate surface area is 160 Å². The van der Waals surface area contributed by atoms with Gasteiger partial charge >= 0.3 is 0 Å². The van der Waals surface area contributed by atoms with Crippen LogP contribution < -0.4 is 4.74 Å². The van der Waals surface area contributed by atoms with E-state index in [-0.39, 0.29) is 6.42 Å². The zero-order chi connectivity index (χ0) is 17.8. The highest BCUT2D eigenvalue weighted by Crippen LogP contribution is 2.35. The number of carbonyl (C=O) groups is 1. The van der Waals surface area contributed by atoms with Gasteiger partial charge < -0.3 is 4.74 Å². The third-order valence-corrected chi connectivity index (χ3v) is 4.36. The average Bonchev–Trinajstić information content (AvgIpc) is 2.58. The van der Waals surface area contributed by atoms with Crippen molar-refractivity contribution in [3.63, 3.8) is 0 Å². The standard InChI is InChI=1S/C19H14Cl3NO2/c20-13-8-15(21)19-16(9-13)23-14(6-7-18(22)24)10-17(19)25-11-12-4-2-1-3-5-12/h1-5,8-10H,6-7,11H2. The van der Waals surface area contributed by atoms with Crippen molar-refractivity contribution in [2.75, 3.05) is 0 Å². The summed E-state index contributed by atoms with van der Waals surface area (Å²) in [6.07, 6.45) is 0.622. The van der Waals surface area contributed by atoms with E-state index >= 15 is 0 Å². The summed E-state index contributed by atoms with van der Waals surface area (Å²) in [6, 6.07) is 15.0. The van der Waals surface area contributed by atoms with Crippen molar-refractivity contribution in [2.45, 2.75) is 19.4 Å². The monoisotopic (exact) mass is 393 g/mol. The minimum absolute atomic E-state index is 0.201. The van der Waals surface area contributed by atoms with E-state index < -0.39 is 5.24 Å². The Morgan fingerprint density at radius 2 is 1.84 bits per heavy atom. The topological polar surface area (TPSA) is 39.2 Å². The molecule has 0 unspecified atom stereocenters. The molecular weight excluding hydrogens is 381 g/mol. The number of nitrogens with zero attached hydrogens (tertiary/aromatic N) is 1. The summed E-state index contributed by atoms with van der Waals surface area (Å²) in [5.41, 5.74) is 2.36. The fourth-order valence-corrected chi connectivity index (χ4v) is 3.18. The summed E-state index contributed by atoms with van der Waals surface area (Å²) in [6.45, 7) is 0.396. The van der Waals surface area contributed by atoms with Gasteiger partial charge in [0.2, 0.25) is 5.24 Å². The largest absolute Gasteiger partial charge is 0.488 e. The second kappa shape index (κ2) is 8.05. The van der Waals surface area contributed by atoms with E-state index in [1.165, 1.54) is 0 Å². The molecule has 0 aliphatic carbocycles. The fraction of sp³-hybridized carbons (Fsp3) is 0.158. The van der Waals surface area contributed by atoms with Gasteiger partial charge in [-0.05, 0) is 35.7 Å². The summed E-state index contributed by atoms with van der Waals surface area (Å²) in [5, 5.41) is 1.25. The van der Waals surface area contributed by atoms with Crippen LogP contribution in [-0.2, 0) is 17.8 Å². The molecule has 0 amide bonds. The molecule has 3 aromatic rings. The lowest BCUT2D eigenvalue weighted by molar-refractivity contribution is -0.111. The molecule has 2 aromatic carbocycles. The van der Waals surface area contributed by atoms with Gasteiger partial charge in [0.25, 0.3) is 0 Å². The Morgan fingerprint density at radius 3 is 2.56 bits per heavy atom. The highest BCUT2D eigenvalue weighted by molar-refractivity contribution is 6.63. The van der Waals surface area contributed by atoms with E-state index in [0.29, 0.717) is 45.4 Å². The molecule has 1 aromatic heterocycles. The number of aromatic nitrogens is 1. The summed E-state index contributed by atoms with van der Waals surface area (Å²) < 4.78 is 5.99. The summed E-state index contributed by atoms with van der Waals surface area (Å²) in [4.78, 5) is 15.6. The van der Waals surface area contributed by atoms with Gasteiger partial charge in [-0.1, -0.05) is 53.5 Å². The molecule has 0 bridgehead atoms. The molecule has 3 rings (SSSR count). The molecule has 25 heavy (non-hydrogen) atoms. The molecule has 128 valence electrons. The molecule has 0 N–H and O–H groups in total. The van der Waals surface area contributed by atoms with Crippen molar-refractivity contribution in [2.24, 2.45) is 0 Å². The van der Waals surface area contributed by atoms with Crippen LogP contribution in [0.3, 0.4) is 0 Å². The third-order valence-electron chi connectivity index (χ3n) is 3.66. The van der Waals surface area contributed by atoms with Crippen LogP contribution in [0.4, 0.5) is 0 Å². The lowest BCUT2D eigenvalue weighted by atomic mass is 10.1. The Balaban J connectivity index is 1.99. The number of ether oxygens (including phenoxy) is 1. The number of halogens is 3. The molecule has 0 aliphatic heterocycles. The Hall–Kier alpha value is -1.81. The highest BCUT2D eigenvalue weighted by atomic mass is 35.5. The second-order valence-corrected chi connectivity index (χ2v) is 6.79. The number of rotatable bonds is 6. The zero-order valence-electron chi connectivity index (χ0n) is 13.1. The number of aryl methyl sites for hydroxylation is 1. The van der Waals surface area contributed by atoms with Crippen LogP contribution in [-0.4, -0.2) is 10.2 Å². The fourth-order valence-electron chi connectivity index (χ4n) is 2.51. The van der Waals surface area contributed by atoms with Crippen LogP contribution in [0.25, 0.3) is 10.9 Å². The Morgan fingerprint density at radius 1 is 1.08 bits per heavy atom. The van der Waals surface area contributed by atoms with Gasteiger partial charge in [0.05, 0.1) is 15.9 Å². The quantitative estimate of drug-likeness (QED) is 0.495. The van der Waals surface area contributed by atoms with E-state index in [4.69, 9.17) is 39.5 Å². The van der Waals surface area contributed by atoms with E-state index in [2.05, 4.69) is 4.98 Å². The van der Waals surface area contributed by atoms with Crippen molar-refractivity contribution in [1.29, 1.82) is 0 Å². The molecule has 0 aliphatic rings. The molecule has 1 heterocycles. The third kappa shape index (κ3) is 4.63. The van der Waals surface area contributed by atoms with Gasteiger partial charge in [-0.25, -0.2) is 0 Å². The number of benzene rings is 2. The predicted octanol–water partition coefficient (Wildman–Crippen LogP) is 5.82. The average molecular weight is 395 g/mol. The SMILES string of the molecule is O=C(Cl)CCc1cc(OCc2ccccc2)c2c(Cl)cc(Cl)cc2n1. The predicted molar refractivity (Wildman–Crippen MR) is 102 cm³/mol. The lowest BCUT2D eigenvalue weighted by Crippen LogP contribution is -2.01. The van der Waals surface area contributed by atoms with E-state index in [1.807, 2.05) is 30.3 Å². The van der Waals surface area contributed by atoms with Crippen LogP contribution in [0, 0.1) is 0 Å². The molecule has 0 radical (unpaired) electrons. The van der Waals surface area contributed by atoms with Crippen molar-refractivity contribution in [3.8, 4) is 5.75 Å². The number of pyridine rings is 1. The molecule has 6 heteroatoms. The number of hydrogen-bond acceptors (Lipinski definition) is 3. The first-order chi connectivity index (χ1) is 12.0. The first-order valence-corrected chi connectivity index (χ1v) is 8.80. The normalized spacial score (nSPS) is 10.8. The molecule has 0 fully saturated rings. The van der Waals surface area contributed by atoms with Crippen LogP contribution in [0.2, 0.25) is 10.0 Å². The van der Waals surface area contributed by atoms with Crippen LogP contribution in [0.5, 0.6) is 5.75 Å². The van der Waals surface area contributed by atoms with Gasteiger partial charge in [-0.15, -0.1) is 0 Å². The second-order valence-electron chi connectivity index (χ2n) is 5.52. The highest BCUT2D eigenvalue weighted by Gasteiger charge is 2.13. The lowest BCUT2D eigenvalue weighted by Gasteiger charge is -2.13. The van der Waals surface area contributed by atoms with Crippen molar-refractivity contribution in [1.82, 2.24) is 4.98 Å².